The molecule has 1 amide bonds. The van der Waals surface area contributed by atoms with Crippen molar-refractivity contribution in [3.8, 4) is 0 Å². The molecule has 0 unspecified atom stereocenters. The lowest BCUT2D eigenvalue weighted by Gasteiger charge is -2.18. The van der Waals surface area contributed by atoms with Crippen molar-refractivity contribution in [2.75, 3.05) is 26.2 Å². The van der Waals surface area contributed by atoms with Gasteiger partial charge in [0.05, 0.1) is 11.2 Å². The fourth-order valence-electron chi connectivity index (χ4n) is 2.98. The van der Waals surface area contributed by atoms with Gasteiger partial charge in [-0.3, -0.25) is 4.79 Å². The lowest BCUT2D eigenvalue weighted by molar-refractivity contribution is 0.0775. The quantitative estimate of drug-likeness (QED) is 0.900. The average Bonchev–Trinajstić information content (AvgIpc) is 2.98. The Bertz CT molecular complexity index is 526. The molecule has 2 fully saturated rings. The molecule has 3 heterocycles. The average molecular weight is 331 g/mol. The van der Waals surface area contributed by atoms with Crippen LogP contribution in [0.2, 0.25) is 5.02 Å². The van der Waals surface area contributed by atoms with Gasteiger partial charge < -0.3 is 10.2 Å². The first-order chi connectivity index (χ1) is 9.56. The summed E-state index contributed by atoms with van der Waals surface area (Å²) >= 11 is 6.11. The number of rotatable bonds is 2. The van der Waals surface area contributed by atoms with E-state index in [4.69, 9.17) is 11.6 Å². The number of nitrogens with zero attached hydrogens (tertiary/aromatic N) is 3. The molecule has 2 saturated heterocycles. The number of hydrogen-bond donors (Lipinski definition) is 1. The predicted molar refractivity (Wildman–Crippen MR) is 84.1 cm³/mol. The highest BCUT2D eigenvalue weighted by Gasteiger charge is 2.39. The molecular formula is C14H20Cl2N4O. The van der Waals surface area contributed by atoms with E-state index in [1.54, 1.807) is 0 Å². The van der Waals surface area contributed by atoms with Gasteiger partial charge >= 0.3 is 0 Å². The standard InChI is InChI=1S/C14H19ClN4O.ClH/c1-8(2)13-17-5-11(15)12(18-13)14(20)19-6-9-3-16-4-10(9)7-19;/h5,8-10,16H,3-4,6-7H2,1-2H3;1H/t9-,10+;. The van der Waals surface area contributed by atoms with Gasteiger partial charge in [0.2, 0.25) is 0 Å². The van der Waals surface area contributed by atoms with Crippen LogP contribution in [0, 0.1) is 11.8 Å². The van der Waals surface area contributed by atoms with Crippen molar-refractivity contribution in [1.82, 2.24) is 20.2 Å². The zero-order valence-corrected chi connectivity index (χ0v) is 13.7. The summed E-state index contributed by atoms with van der Waals surface area (Å²) in [4.78, 5) is 23.0. The van der Waals surface area contributed by atoms with Crippen molar-refractivity contribution in [2.45, 2.75) is 19.8 Å². The third kappa shape index (κ3) is 3.15. The molecule has 0 bridgehead atoms. The molecule has 1 aromatic heterocycles. The molecule has 0 aromatic carbocycles. The van der Waals surface area contributed by atoms with Crippen molar-refractivity contribution in [3.05, 3.63) is 22.7 Å². The fraction of sp³-hybridized carbons (Fsp3) is 0.643. The molecule has 0 aliphatic carbocycles. The number of aromatic nitrogens is 2. The van der Waals surface area contributed by atoms with E-state index in [9.17, 15) is 4.79 Å². The smallest absolute Gasteiger partial charge is 0.274 e. The molecule has 21 heavy (non-hydrogen) atoms. The molecule has 2 aliphatic heterocycles. The Morgan fingerprint density at radius 3 is 2.57 bits per heavy atom. The SMILES string of the molecule is CC(C)c1ncc(Cl)c(C(=O)N2C[C@H]3CNC[C@H]3C2)n1.Cl. The van der Waals surface area contributed by atoms with E-state index in [1.165, 1.54) is 6.20 Å². The Morgan fingerprint density at radius 1 is 1.38 bits per heavy atom. The summed E-state index contributed by atoms with van der Waals surface area (Å²) in [6.45, 7) is 7.61. The van der Waals surface area contributed by atoms with Gasteiger partial charge in [-0.15, -0.1) is 12.4 Å². The number of amides is 1. The Hall–Kier alpha value is -0.910. The largest absolute Gasteiger partial charge is 0.337 e. The van der Waals surface area contributed by atoms with Gasteiger partial charge in [-0.05, 0) is 11.8 Å². The van der Waals surface area contributed by atoms with E-state index >= 15 is 0 Å². The van der Waals surface area contributed by atoms with E-state index in [0.29, 0.717) is 28.4 Å². The van der Waals surface area contributed by atoms with Gasteiger partial charge in [-0.1, -0.05) is 25.4 Å². The van der Waals surface area contributed by atoms with Gasteiger partial charge in [0.1, 0.15) is 5.82 Å². The van der Waals surface area contributed by atoms with Crippen molar-refractivity contribution >= 4 is 29.9 Å². The molecule has 0 spiro atoms. The van der Waals surface area contributed by atoms with Crippen LogP contribution in [0.1, 0.15) is 36.1 Å². The Balaban J connectivity index is 0.00000161. The molecule has 2 aliphatic rings. The molecule has 0 radical (unpaired) electrons. The maximum Gasteiger partial charge on any atom is 0.274 e. The first kappa shape index (κ1) is 16.5. The van der Waals surface area contributed by atoms with Gasteiger partial charge in [0, 0.05) is 32.1 Å². The summed E-state index contributed by atoms with van der Waals surface area (Å²) in [6.07, 6.45) is 1.54. The van der Waals surface area contributed by atoms with E-state index in [1.807, 2.05) is 18.7 Å². The van der Waals surface area contributed by atoms with Crippen LogP contribution in [0.5, 0.6) is 0 Å². The predicted octanol–water partition coefficient (Wildman–Crippen LogP) is 1.97. The third-order valence-corrected chi connectivity index (χ3v) is 4.44. The van der Waals surface area contributed by atoms with Crippen molar-refractivity contribution in [2.24, 2.45) is 11.8 Å². The van der Waals surface area contributed by atoms with Crippen LogP contribution in [0.15, 0.2) is 6.20 Å². The highest BCUT2D eigenvalue weighted by atomic mass is 35.5. The van der Waals surface area contributed by atoms with Crippen molar-refractivity contribution in [3.63, 3.8) is 0 Å². The minimum atomic E-state index is -0.0614. The Kier molecular flexibility index (Phi) is 5.07. The minimum Gasteiger partial charge on any atom is -0.337 e. The number of carbonyl (C=O) groups excluding carboxylic acids is 1. The first-order valence-electron chi connectivity index (χ1n) is 7.08. The van der Waals surface area contributed by atoms with Crippen LogP contribution < -0.4 is 5.32 Å². The normalized spacial score (nSPS) is 24.1. The molecule has 3 rings (SSSR count). The molecule has 7 heteroatoms. The second kappa shape index (κ2) is 6.46. The summed E-state index contributed by atoms with van der Waals surface area (Å²) in [7, 11) is 0. The molecule has 1 aromatic rings. The highest BCUT2D eigenvalue weighted by Crippen LogP contribution is 2.28. The topological polar surface area (TPSA) is 58.1 Å². The summed E-state index contributed by atoms with van der Waals surface area (Å²) in [5.74, 6) is 1.93. The maximum atomic E-state index is 12.6. The zero-order valence-electron chi connectivity index (χ0n) is 12.2. The Labute approximate surface area is 135 Å². The first-order valence-corrected chi connectivity index (χ1v) is 7.46. The van der Waals surface area contributed by atoms with Gasteiger partial charge in [0.25, 0.3) is 5.91 Å². The number of likely N-dealkylation sites (tertiary alicyclic amines) is 1. The summed E-state index contributed by atoms with van der Waals surface area (Å²) < 4.78 is 0. The lowest BCUT2D eigenvalue weighted by atomic mass is 10.0. The minimum absolute atomic E-state index is 0. The van der Waals surface area contributed by atoms with E-state index in [-0.39, 0.29) is 24.2 Å². The van der Waals surface area contributed by atoms with Crippen LogP contribution in [0.25, 0.3) is 0 Å². The molecule has 2 atom stereocenters. The second-order valence-corrected chi connectivity index (χ2v) is 6.38. The van der Waals surface area contributed by atoms with Crippen molar-refractivity contribution < 1.29 is 4.79 Å². The zero-order chi connectivity index (χ0) is 14.3. The van der Waals surface area contributed by atoms with Crippen LogP contribution in [-0.4, -0.2) is 47.0 Å². The number of nitrogens with one attached hydrogen (secondary N) is 1. The van der Waals surface area contributed by atoms with Gasteiger partial charge in [-0.25, -0.2) is 9.97 Å². The molecule has 0 saturated carbocycles. The summed E-state index contributed by atoms with van der Waals surface area (Å²) in [6, 6.07) is 0. The third-order valence-electron chi connectivity index (χ3n) is 4.16. The van der Waals surface area contributed by atoms with E-state index in [0.717, 1.165) is 26.2 Å². The Morgan fingerprint density at radius 2 is 2.00 bits per heavy atom. The van der Waals surface area contributed by atoms with Crippen LogP contribution in [0.3, 0.4) is 0 Å². The molecule has 116 valence electrons. The van der Waals surface area contributed by atoms with Crippen LogP contribution in [-0.2, 0) is 0 Å². The molecule has 5 nitrogen and oxygen atoms in total. The monoisotopic (exact) mass is 330 g/mol. The molecule has 1 N–H and O–H groups in total. The van der Waals surface area contributed by atoms with Gasteiger partial charge in [-0.2, -0.15) is 0 Å². The number of fused-ring (bicyclic) bond motifs is 1. The van der Waals surface area contributed by atoms with Crippen LogP contribution >= 0.6 is 24.0 Å². The second-order valence-electron chi connectivity index (χ2n) is 5.97. The van der Waals surface area contributed by atoms with E-state index in [2.05, 4.69) is 15.3 Å². The number of carbonyl (C=O) groups is 1. The molecular weight excluding hydrogens is 311 g/mol. The van der Waals surface area contributed by atoms with Crippen LogP contribution in [0.4, 0.5) is 0 Å². The van der Waals surface area contributed by atoms with Gasteiger partial charge in [0.15, 0.2) is 5.69 Å². The number of hydrogen-bond acceptors (Lipinski definition) is 4. The van der Waals surface area contributed by atoms with Crippen molar-refractivity contribution in [1.29, 1.82) is 0 Å². The fourth-order valence-corrected chi connectivity index (χ4v) is 3.15. The lowest BCUT2D eigenvalue weighted by Crippen LogP contribution is -2.33. The summed E-state index contributed by atoms with van der Waals surface area (Å²) in [5.41, 5.74) is 0.346. The highest BCUT2D eigenvalue weighted by molar-refractivity contribution is 6.33. The maximum absolute atomic E-state index is 12.6. The number of halogens is 2. The van der Waals surface area contributed by atoms with E-state index < -0.39 is 0 Å². The summed E-state index contributed by atoms with van der Waals surface area (Å²) in [5, 5.41) is 3.71.